The first-order chi connectivity index (χ1) is 7.90. The summed E-state index contributed by atoms with van der Waals surface area (Å²) >= 11 is 0. The fourth-order valence-electron chi connectivity index (χ4n) is 0.856. The first-order valence-corrected chi connectivity index (χ1v) is 4.26. The van der Waals surface area contributed by atoms with Crippen LogP contribution in [0.2, 0.25) is 0 Å². The minimum absolute atomic E-state index is 0.190. The van der Waals surface area contributed by atoms with Gasteiger partial charge in [-0.25, -0.2) is 14.4 Å². The number of aromatic carboxylic acids is 2. The Labute approximate surface area is 95.8 Å². The number of rotatable bonds is 2. The molecule has 0 heterocycles. The van der Waals surface area contributed by atoms with Crippen molar-refractivity contribution in [2.24, 2.45) is 0 Å². The Bertz CT molecular complexity index is 391. The number of carboxylic acids is 2. The van der Waals surface area contributed by atoms with E-state index in [0.717, 1.165) is 6.92 Å². The second-order valence-electron chi connectivity index (χ2n) is 2.73. The molecule has 0 unspecified atom stereocenters. The van der Waals surface area contributed by atoms with Crippen LogP contribution in [0.5, 0.6) is 0 Å². The zero-order valence-corrected chi connectivity index (χ0v) is 8.75. The van der Waals surface area contributed by atoms with Crippen molar-refractivity contribution >= 4 is 17.9 Å². The number of hydrogen-bond acceptors (Lipinski definition) is 4. The van der Waals surface area contributed by atoms with Crippen molar-refractivity contribution in [3.05, 3.63) is 35.4 Å². The maximum atomic E-state index is 10.5. The summed E-state index contributed by atoms with van der Waals surface area (Å²) in [5.41, 5.74) is -0.380. The molecule has 17 heavy (non-hydrogen) atoms. The largest absolute Gasteiger partial charge is 0.478 e. The fraction of sp³-hybridized carbons (Fsp3) is 0.100. The number of carboxylic acid groups (broad SMARTS) is 2. The highest BCUT2D eigenvalue weighted by Crippen LogP contribution is 2.07. The van der Waals surface area contributed by atoms with Crippen molar-refractivity contribution in [2.75, 3.05) is 0 Å². The lowest BCUT2D eigenvalue weighted by Gasteiger charge is -1.98. The molecular weight excluding hydrogens is 232 g/mol. The highest BCUT2D eigenvalue weighted by molar-refractivity contribution is 6.01. The van der Waals surface area contributed by atoms with Crippen molar-refractivity contribution in [1.29, 1.82) is 0 Å². The van der Waals surface area contributed by atoms with Gasteiger partial charge in [0.05, 0.1) is 11.1 Å². The normalized spacial score (nSPS) is 8.59. The molecule has 2 N–H and O–H groups in total. The Morgan fingerprint density at radius 3 is 1.47 bits per heavy atom. The van der Waals surface area contributed by atoms with Gasteiger partial charge in [-0.1, -0.05) is 12.1 Å². The van der Waals surface area contributed by atoms with Gasteiger partial charge >= 0.3 is 17.9 Å². The SMILES string of the molecule is CC(=O)O[O].O=C(O)c1ccccc1C(=O)O. The van der Waals surface area contributed by atoms with E-state index in [1.165, 1.54) is 24.3 Å². The van der Waals surface area contributed by atoms with Gasteiger partial charge in [-0.3, -0.25) is 4.89 Å². The zero-order chi connectivity index (χ0) is 13.4. The van der Waals surface area contributed by atoms with E-state index >= 15 is 0 Å². The summed E-state index contributed by atoms with van der Waals surface area (Å²) in [4.78, 5) is 33.1. The molecule has 0 aromatic heterocycles. The van der Waals surface area contributed by atoms with Crippen LogP contribution in [0.1, 0.15) is 27.6 Å². The third-order valence-corrected chi connectivity index (χ3v) is 1.51. The van der Waals surface area contributed by atoms with Crippen LogP contribution in [0.3, 0.4) is 0 Å². The molecule has 0 saturated heterocycles. The maximum absolute atomic E-state index is 10.5. The van der Waals surface area contributed by atoms with E-state index in [1.54, 1.807) is 0 Å². The standard InChI is InChI=1S/C8H6O4.C2H3O3/c9-7(10)5-3-1-2-4-6(5)8(11)12;1-2(3)5-4/h1-4H,(H,9,10)(H,11,12);1H3. The molecule has 1 aromatic carbocycles. The fourth-order valence-corrected chi connectivity index (χ4v) is 0.856. The Morgan fingerprint density at radius 2 is 1.29 bits per heavy atom. The molecule has 0 aliphatic carbocycles. The molecule has 0 aliphatic rings. The van der Waals surface area contributed by atoms with Crippen LogP contribution >= 0.6 is 0 Å². The number of carbonyl (C=O) groups is 3. The Kier molecular flexibility index (Phi) is 5.98. The summed E-state index contributed by atoms with van der Waals surface area (Å²) < 4.78 is 0. The minimum atomic E-state index is -1.23. The zero-order valence-electron chi connectivity index (χ0n) is 8.75. The number of benzene rings is 1. The van der Waals surface area contributed by atoms with Crippen LogP contribution in [0.4, 0.5) is 0 Å². The van der Waals surface area contributed by atoms with E-state index in [0.29, 0.717) is 0 Å². The maximum Gasteiger partial charge on any atom is 0.342 e. The number of carbonyl (C=O) groups excluding carboxylic acids is 1. The molecule has 0 aliphatic heterocycles. The summed E-state index contributed by atoms with van der Waals surface area (Å²) in [5, 5.41) is 25.9. The van der Waals surface area contributed by atoms with Crippen molar-refractivity contribution in [3.8, 4) is 0 Å². The Balaban J connectivity index is 0.000000437. The topological polar surface area (TPSA) is 121 Å². The Hall–Kier alpha value is -2.41. The first kappa shape index (κ1) is 14.6. The molecule has 0 saturated carbocycles. The third-order valence-electron chi connectivity index (χ3n) is 1.51. The third kappa shape index (κ3) is 5.28. The van der Waals surface area contributed by atoms with Crippen molar-refractivity contribution in [1.82, 2.24) is 0 Å². The van der Waals surface area contributed by atoms with Crippen LogP contribution in [-0.2, 0) is 14.9 Å². The second-order valence-corrected chi connectivity index (χ2v) is 2.73. The van der Waals surface area contributed by atoms with E-state index in [-0.39, 0.29) is 11.1 Å². The monoisotopic (exact) mass is 241 g/mol. The van der Waals surface area contributed by atoms with Gasteiger partial charge in [-0.05, 0) is 12.1 Å². The summed E-state index contributed by atoms with van der Waals surface area (Å²) in [5.74, 6) is -3.26. The van der Waals surface area contributed by atoms with Gasteiger partial charge in [-0.15, -0.1) is 0 Å². The molecule has 0 atom stereocenters. The van der Waals surface area contributed by atoms with E-state index in [9.17, 15) is 14.4 Å². The van der Waals surface area contributed by atoms with Gasteiger partial charge in [0.25, 0.3) is 0 Å². The van der Waals surface area contributed by atoms with Gasteiger partial charge in [0.1, 0.15) is 0 Å². The molecule has 7 heteroatoms. The quantitative estimate of drug-likeness (QED) is 0.588. The van der Waals surface area contributed by atoms with Crippen LogP contribution < -0.4 is 0 Å². The second kappa shape index (κ2) is 6.96. The van der Waals surface area contributed by atoms with E-state index < -0.39 is 17.9 Å². The van der Waals surface area contributed by atoms with E-state index in [2.05, 4.69) is 4.89 Å². The van der Waals surface area contributed by atoms with Gasteiger partial charge < -0.3 is 10.2 Å². The van der Waals surface area contributed by atoms with Crippen molar-refractivity contribution < 1.29 is 34.7 Å². The lowest BCUT2D eigenvalue weighted by atomic mass is 10.1. The Morgan fingerprint density at radius 1 is 1.00 bits per heavy atom. The van der Waals surface area contributed by atoms with E-state index in [4.69, 9.17) is 15.5 Å². The molecule has 1 aromatic rings. The molecular formula is C10H9O7. The van der Waals surface area contributed by atoms with Crippen molar-refractivity contribution in [2.45, 2.75) is 6.92 Å². The van der Waals surface area contributed by atoms with Crippen LogP contribution in [0, 0.1) is 0 Å². The van der Waals surface area contributed by atoms with Gasteiger partial charge in [0, 0.05) is 12.2 Å². The molecule has 7 nitrogen and oxygen atoms in total. The summed E-state index contributed by atoms with van der Waals surface area (Å²) in [6.45, 7) is 1.05. The van der Waals surface area contributed by atoms with Gasteiger partial charge in [0.15, 0.2) is 0 Å². The first-order valence-electron chi connectivity index (χ1n) is 4.26. The molecule has 0 fully saturated rings. The lowest BCUT2D eigenvalue weighted by molar-refractivity contribution is -0.275. The predicted octanol–water partition coefficient (Wildman–Crippen LogP) is 0.978. The lowest BCUT2D eigenvalue weighted by Crippen LogP contribution is -2.06. The average Bonchev–Trinajstić information content (AvgIpc) is 2.29. The van der Waals surface area contributed by atoms with Crippen LogP contribution in [0.25, 0.3) is 0 Å². The van der Waals surface area contributed by atoms with Gasteiger partial charge in [0.2, 0.25) is 0 Å². The molecule has 1 rings (SSSR count). The number of hydrogen-bond donors (Lipinski definition) is 2. The molecule has 0 bridgehead atoms. The van der Waals surface area contributed by atoms with Crippen LogP contribution in [-0.4, -0.2) is 28.1 Å². The summed E-state index contributed by atoms with van der Waals surface area (Å²) in [6.07, 6.45) is 0. The highest BCUT2D eigenvalue weighted by atomic mass is 17.1. The smallest absolute Gasteiger partial charge is 0.342 e. The molecule has 0 spiro atoms. The molecule has 1 radical (unpaired) electrons. The summed E-state index contributed by atoms with van der Waals surface area (Å²) in [7, 11) is 0. The van der Waals surface area contributed by atoms with Crippen LogP contribution in [0.15, 0.2) is 24.3 Å². The van der Waals surface area contributed by atoms with E-state index in [1.807, 2.05) is 0 Å². The summed E-state index contributed by atoms with van der Waals surface area (Å²) in [6, 6.07) is 5.48. The average molecular weight is 241 g/mol. The highest BCUT2D eigenvalue weighted by Gasteiger charge is 2.13. The predicted molar refractivity (Wildman–Crippen MR) is 52.8 cm³/mol. The molecule has 0 amide bonds. The molecule has 91 valence electrons. The van der Waals surface area contributed by atoms with Crippen molar-refractivity contribution in [3.63, 3.8) is 0 Å². The minimum Gasteiger partial charge on any atom is -0.478 e. The van der Waals surface area contributed by atoms with Gasteiger partial charge in [-0.2, -0.15) is 0 Å².